The van der Waals surface area contributed by atoms with E-state index < -0.39 is 23.0 Å². The summed E-state index contributed by atoms with van der Waals surface area (Å²) in [5.74, 6) is -2.27. The van der Waals surface area contributed by atoms with Crippen molar-refractivity contribution in [2.24, 2.45) is 17.6 Å². The van der Waals surface area contributed by atoms with E-state index in [9.17, 15) is 13.6 Å². The lowest BCUT2D eigenvalue weighted by molar-refractivity contribution is 0.0820. The van der Waals surface area contributed by atoms with E-state index in [4.69, 9.17) is 5.73 Å². The minimum absolute atomic E-state index is 0.0465. The van der Waals surface area contributed by atoms with Crippen LogP contribution in [0.5, 0.6) is 0 Å². The van der Waals surface area contributed by atoms with E-state index >= 15 is 0 Å². The largest absolute Gasteiger partial charge is 0.330 e. The highest BCUT2D eigenvalue weighted by atomic mass is 19.1. The molecular weight excluding hydrogens is 236 g/mol. The Balaban J connectivity index is 2.30. The summed E-state index contributed by atoms with van der Waals surface area (Å²) < 4.78 is 27.2. The van der Waals surface area contributed by atoms with Gasteiger partial charge in [0.2, 0.25) is 0 Å². The Morgan fingerprint density at radius 3 is 2.44 bits per heavy atom. The highest BCUT2D eigenvalue weighted by Gasteiger charge is 2.33. The summed E-state index contributed by atoms with van der Waals surface area (Å²) in [6, 6.07) is 3.51. The lowest BCUT2D eigenvalue weighted by atomic mass is 9.75. The van der Waals surface area contributed by atoms with E-state index in [0.717, 1.165) is 31.4 Å². The van der Waals surface area contributed by atoms with Crippen molar-refractivity contribution in [3.63, 3.8) is 0 Å². The molecule has 0 aliphatic heterocycles. The van der Waals surface area contributed by atoms with Crippen LogP contribution in [0.1, 0.15) is 36.0 Å². The van der Waals surface area contributed by atoms with Crippen LogP contribution < -0.4 is 5.73 Å². The normalized spacial score (nSPS) is 23.9. The first kappa shape index (κ1) is 13.1. The summed E-state index contributed by atoms with van der Waals surface area (Å²) in [5, 5.41) is 0. The molecular formula is C14H17F2NO. The molecule has 2 unspecified atom stereocenters. The van der Waals surface area contributed by atoms with Gasteiger partial charge in [-0.15, -0.1) is 0 Å². The van der Waals surface area contributed by atoms with Gasteiger partial charge in [-0.3, -0.25) is 4.79 Å². The second kappa shape index (κ2) is 5.57. The summed E-state index contributed by atoms with van der Waals surface area (Å²) in [5.41, 5.74) is 5.25. The monoisotopic (exact) mass is 253 g/mol. The van der Waals surface area contributed by atoms with Crippen molar-refractivity contribution in [3.05, 3.63) is 35.4 Å². The van der Waals surface area contributed by atoms with E-state index in [1.165, 1.54) is 6.07 Å². The molecule has 0 spiro atoms. The first-order chi connectivity index (χ1) is 8.65. The molecule has 2 rings (SSSR count). The fraction of sp³-hybridized carbons (Fsp3) is 0.500. The van der Waals surface area contributed by atoms with Crippen LogP contribution in [0, 0.1) is 23.5 Å². The number of Topliss-reactive ketones (excluding diaryl/α,β-unsaturated/α-hetero) is 1. The second-order valence-electron chi connectivity index (χ2n) is 4.85. The third-order valence-corrected chi connectivity index (χ3v) is 3.76. The first-order valence-electron chi connectivity index (χ1n) is 6.33. The van der Waals surface area contributed by atoms with Gasteiger partial charge in [-0.25, -0.2) is 8.78 Å². The molecule has 1 fully saturated rings. The van der Waals surface area contributed by atoms with Crippen LogP contribution in [0.4, 0.5) is 8.78 Å². The minimum Gasteiger partial charge on any atom is -0.330 e. The lowest BCUT2D eigenvalue weighted by Gasteiger charge is -2.29. The van der Waals surface area contributed by atoms with Crippen molar-refractivity contribution in [1.82, 2.24) is 0 Å². The smallest absolute Gasteiger partial charge is 0.172 e. The van der Waals surface area contributed by atoms with Crippen LogP contribution in [-0.2, 0) is 0 Å². The molecule has 0 bridgehead atoms. The number of rotatable bonds is 3. The average Bonchev–Trinajstić information content (AvgIpc) is 2.38. The predicted molar refractivity (Wildman–Crippen MR) is 65.2 cm³/mol. The van der Waals surface area contributed by atoms with E-state index in [1.54, 1.807) is 0 Å². The topological polar surface area (TPSA) is 43.1 Å². The molecule has 0 amide bonds. The zero-order chi connectivity index (χ0) is 13.1. The molecule has 0 aromatic heterocycles. The summed E-state index contributed by atoms with van der Waals surface area (Å²) >= 11 is 0. The lowest BCUT2D eigenvalue weighted by Crippen LogP contribution is -2.33. The predicted octanol–water partition coefficient (Wildman–Crippen LogP) is 2.91. The molecule has 98 valence electrons. The summed E-state index contributed by atoms with van der Waals surface area (Å²) in [6.07, 6.45) is 3.49. The Kier molecular flexibility index (Phi) is 4.07. The number of hydrogen-bond acceptors (Lipinski definition) is 2. The second-order valence-corrected chi connectivity index (χ2v) is 4.85. The van der Waals surface area contributed by atoms with Crippen molar-refractivity contribution in [2.45, 2.75) is 25.7 Å². The third kappa shape index (κ3) is 2.43. The number of nitrogens with two attached hydrogens (primary N) is 1. The third-order valence-electron chi connectivity index (χ3n) is 3.76. The highest BCUT2D eigenvalue weighted by molar-refractivity contribution is 5.98. The maximum absolute atomic E-state index is 13.6. The van der Waals surface area contributed by atoms with Gasteiger partial charge >= 0.3 is 0 Å². The Morgan fingerprint density at radius 2 is 1.83 bits per heavy atom. The molecule has 2 N–H and O–H groups in total. The maximum Gasteiger partial charge on any atom is 0.172 e. The Bertz CT molecular complexity index is 427. The number of benzene rings is 1. The van der Waals surface area contributed by atoms with Crippen LogP contribution >= 0.6 is 0 Å². The molecule has 1 aromatic carbocycles. The molecule has 2 atom stereocenters. The molecule has 4 heteroatoms. The molecule has 1 aliphatic carbocycles. The molecule has 2 nitrogen and oxygen atoms in total. The molecule has 18 heavy (non-hydrogen) atoms. The van der Waals surface area contributed by atoms with Gasteiger partial charge in [0, 0.05) is 5.92 Å². The van der Waals surface area contributed by atoms with Gasteiger partial charge in [-0.1, -0.05) is 18.9 Å². The van der Waals surface area contributed by atoms with Gasteiger partial charge in [-0.2, -0.15) is 0 Å². The fourth-order valence-electron chi connectivity index (χ4n) is 2.75. The van der Waals surface area contributed by atoms with Gasteiger partial charge in [0.05, 0.1) is 5.56 Å². The van der Waals surface area contributed by atoms with Crippen LogP contribution in [-0.4, -0.2) is 12.3 Å². The van der Waals surface area contributed by atoms with Crippen LogP contribution in [0.15, 0.2) is 18.2 Å². The van der Waals surface area contributed by atoms with E-state index in [-0.39, 0.29) is 11.8 Å². The summed E-state index contributed by atoms with van der Waals surface area (Å²) in [6.45, 7) is 0.395. The first-order valence-corrected chi connectivity index (χ1v) is 6.33. The Hall–Kier alpha value is -1.29. The number of carbonyl (C=O) groups excluding carboxylic acids is 1. The molecule has 1 aromatic rings. The van der Waals surface area contributed by atoms with E-state index in [2.05, 4.69) is 0 Å². The quantitative estimate of drug-likeness (QED) is 0.842. The Labute approximate surface area is 105 Å². The molecule has 1 saturated carbocycles. The standard InChI is InChI=1S/C14H17F2NO/c15-11-6-3-7-12(16)13(11)14(18)10-5-2-1-4-9(10)8-17/h3,6-7,9-10H,1-2,4-5,8,17H2. The van der Waals surface area contributed by atoms with Crippen molar-refractivity contribution in [2.75, 3.05) is 6.54 Å². The SMILES string of the molecule is NCC1CCCCC1C(=O)c1c(F)cccc1F. The molecule has 0 radical (unpaired) electrons. The average molecular weight is 253 g/mol. The van der Waals surface area contributed by atoms with Gasteiger partial charge in [0.25, 0.3) is 0 Å². The van der Waals surface area contributed by atoms with Gasteiger partial charge in [-0.05, 0) is 37.4 Å². The van der Waals surface area contributed by atoms with Crippen molar-refractivity contribution < 1.29 is 13.6 Å². The molecule has 0 saturated heterocycles. The van der Waals surface area contributed by atoms with Gasteiger partial charge in [0.1, 0.15) is 11.6 Å². The zero-order valence-corrected chi connectivity index (χ0v) is 10.2. The van der Waals surface area contributed by atoms with Crippen LogP contribution in [0.2, 0.25) is 0 Å². The Morgan fingerprint density at radius 1 is 1.22 bits per heavy atom. The van der Waals surface area contributed by atoms with Gasteiger partial charge in [0.15, 0.2) is 5.78 Å². The summed E-state index contributed by atoms with van der Waals surface area (Å²) in [7, 11) is 0. The minimum atomic E-state index is -0.777. The van der Waals surface area contributed by atoms with Crippen LogP contribution in [0.25, 0.3) is 0 Å². The van der Waals surface area contributed by atoms with Gasteiger partial charge < -0.3 is 5.73 Å². The van der Waals surface area contributed by atoms with Crippen molar-refractivity contribution in [3.8, 4) is 0 Å². The fourth-order valence-corrected chi connectivity index (χ4v) is 2.75. The zero-order valence-electron chi connectivity index (χ0n) is 10.2. The van der Waals surface area contributed by atoms with Crippen molar-refractivity contribution in [1.29, 1.82) is 0 Å². The number of hydrogen-bond donors (Lipinski definition) is 1. The van der Waals surface area contributed by atoms with E-state index in [0.29, 0.717) is 13.0 Å². The number of carbonyl (C=O) groups is 1. The van der Waals surface area contributed by atoms with Crippen molar-refractivity contribution >= 4 is 5.78 Å². The van der Waals surface area contributed by atoms with E-state index in [1.807, 2.05) is 0 Å². The summed E-state index contributed by atoms with van der Waals surface area (Å²) in [4.78, 5) is 12.3. The molecule has 0 heterocycles. The highest BCUT2D eigenvalue weighted by Crippen LogP contribution is 2.33. The number of ketones is 1. The van der Waals surface area contributed by atoms with Crippen LogP contribution in [0.3, 0.4) is 0 Å². The maximum atomic E-state index is 13.6. The number of halogens is 2. The molecule has 1 aliphatic rings.